The van der Waals surface area contributed by atoms with E-state index in [0.29, 0.717) is 29.8 Å². The monoisotopic (exact) mass is 331 g/mol. The Labute approximate surface area is 137 Å². The van der Waals surface area contributed by atoms with Crippen molar-refractivity contribution < 1.29 is 33.9 Å². The number of carboxylic acids is 2. The summed E-state index contributed by atoms with van der Waals surface area (Å²) in [6.45, 7) is 6.39. The molecule has 0 spiro atoms. The van der Waals surface area contributed by atoms with Gasteiger partial charge in [-0.1, -0.05) is 6.08 Å². The maximum absolute atomic E-state index is 10.8. The number of aliphatic carboxylic acids is 2. The van der Waals surface area contributed by atoms with E-state index in [4.69, 9.17) is 10.2 Å². The molecule has 0 aromatic heterocycles. The summed E-state index contributed by atoms with van der Waals surface area (Å²) in [6, 6.07) is 0. The van der Waals surface area contributed by atoms with Crippen LogP contribution in [0.15, 0.2) is 17.6 Å². The van der Waals surface area contributed by atoms with Gasteiger partial charge in [0.25, 0.3) is 0 Å². The smallest absolute Gasteiger partial charge is 0.359 e. The van der Waals surface area contributed by atoms with Crippen molar-refractivity contribution in [3.63, 3.8) is 0 Å². The molecule has 0 fully saturated rings. The fourth-order valence-corrected chi connectivity index (χ4v) is 2.35. The Morgan fingerprint density at radius 1 is 1.35 bits per heavy atom. The quantitative estimate of drug-likeness (QED) is 0.449. The van der Waals surface area contributed by atoms with Crippen molar-refractivity contribution in [3.8, 4) is 0 Å². The van der Waals surface area contributed by atoms with Crippen molar-refractivity contribution in [3.05, 3.63) is 12.7 Å². The van der Waals surface area contributed by atoms with Gasteiger partial charge in [0.15, 0.2) is 19.3 Å². The van der Waals surface area contributed by atoms with Gasteiger partial charge < -0.3 is 19.8 Å². The average Bonchev–Trinajstić information content (AvgIpc) is 2.70. The van der Waals surface area contributed by atoms with Crippen LogP contribution in [-0.4, -0.2) is 95.6 Å². The third-order valence-corrected chi connectivity index (χ3v) is 3.38. The number of carboxylic acid groups (broad SMARTS) is 2. The predicted octanol–water partition coefficient (Wildman–Crippen LogP) is -0.00850. The minimum Gasteiger partial charge on any atom is -0.477 e. The summed E-state index contributed by atoms with van der Waals surface area (Å²) in [5.41, 5.74) is 0. The van der Waals surface area contributed by atoms with Gasteiger partial charge in [-0.2, -0.15) is 0 Å². The Balaban J connectivity index is 0.000000515. The number of likely N-dealkylation sites (N-methyl/N-ethyl adjacent to an activating group) is 1. The van der Waals surface area contributed by atoms with Gasteiger partial charge in [0, 0.05) is 6.92 Å². The zero-order valence-corrected chi connectivity index (χ0v) is 14.4. The van der Waals surface area contributed by atoms with Crippen molar-refractivity contribution >= 4 is 17.8 Å². The normalized spacial score (nSPS) is 21.7. The van der Waals surface area contributed by atoms with E-state index < -0.39 is 18.2 Å². The highest BCUT2D eigenvalue weighted by molar-refractivity contribution is 5.81. The van der Waals surface area contributed by atoms with Crippen molar-refractivity contribution in [2.75, 3.05) is 47.3 Å². The first-order valence-electron chi connectivity index (χ1n) is 7.38. The average molecular weight is 331 g/mol. The standard InChI is InChI=1S/C10H16N2O3.C5H11NO2/c1-3-4-9-11-5-6-12(9,8(2)13)7-10(14)15;1-6(2,3)4-5(7)8/h3,8,13H,1,4-7H2,2H3;4H2,1-3H3/p+2. The molecular formula is C15H29N3O5+2. The Bertz CT molecular complexity index is 468. The zero-order chi connectivity index (χ0) is 18.3. The minimum atomic E-state index is -0.922. The Morgan fingerprint density at radius 3 is 2.22 bits per heavy atom. The van der Waals surface area contributed by atoms with Crippen molar-refractivity contribution in [2.45, 2.75) is 19.6 Å². The van der Waals surface area contributed by atoms with Crippen LogP contribution >= 0.6 is 0 Å². The second kappa shape index (κ2) is 8.76. The summed E-state index contributed by atoms with van der Waals surface area (Å²) >= 11 is 0. The molecule has 0 radical (unpaired) electrons. The van der Waals surface area contributed by atoms with Gasteiger partial charge in [-0.3, -0.25) is 0 Å². The van der Waals surface area contributed by atoms with E-state index in [1.807, 2.05) is 21.1 Å². The van der Waals surface area contributed by atoms with E-state index in [1.165, 1.54) is 0 Å². The largest absolute Gasteiger partial charge is 0.477 e. The van der Waals surface area contributed by atoms with Gasteiger partial charge in [0.05, 0.1) is 34.1 Å². The fraction of sp³-hybridized carbons (Fsp3) is 0.667. The summed E-state index contributed by atoms with van der Waals surface area (Å²) in [6.07, 6.45) is 1.46. The SMILES string of the molecule is C=CCC1=NCC[N+]1(CC(=O)O)C(C)O.C[N+](C)(C)CC(=O)O. The molecule has 0 bridgehead atoms. The number of aliphatic imine (C=N–C) groups is 1. The van der Waals surface area contributed by atoms with Crippen LogP contribution in [0.5, 0.6) is 0 Å². The molecule has 8 nitrogen and oxygen atoms in total. The van der Waals surface area contributed by atoms with Crippen LogP contribution in [0.2, 0.25) is 0 Å². The highest BCUT2D eigenvalue weighted by Crippen LogP contribution is 2.21. The predicted molar refractivity (Wildman–Crippen MR) is 87.0 cm³/mol. The topological polar surface area (TPSA) is 107 Å². The van der Waals surface area contributed by atoms with Crippen molar-refractivity contribution in [1.29, 1.82) is 0 Å². The maximum atomic E-state index is 10.8. The van der Waals surface area contributed by atoms with Crippen LogP contribution in [0.1, 0.15) is 13.3 Å². The maximum Gasteiger partial charge on any atom is 0.359 e. The molecule has 3 N–H and O–H groups in total. The Kier molecular flexibility index (Phi) is 8.08. The van der Waals surface area contributed by atoms with E-state index >= 15 is 0 Å². The van der Waals surface area contributed by atoms with E-state index in [0.717, 1.165) is 0 Å². The van der Waals surface area contributed by atoms with Crippen LogP contribution in [0.4, 0.5) is 0 Å². The molecule has 0 saturated heterocycles. The molecule has 1 aliphatic rings. The number of aliphatic hydroxyl groups is 1. The van der Waals surface area contributed by atoms with E-state index in [9.17, 15) is 14.7 Å². The van der Waals surface area contributed by atoms with Crippen LogP contribution in [0.3, 0.4) is 0 Å². The molecule has 0 aliphatic carbocycles. The number of rotatable bonds is 7. The van der Waals surface area contributed by atoms with E-state index in [2.05, 4.69) is 11.6 Å². The molecule has 0 aromatic rings. The third kappa shape index (κ3) is 7.36. The lowest BCUT2D eigenvalue weighted by Gasteiger charge is -2.35. The summed E-state index contributed by atoms with van der Waals surface area (Å²) < 4.78 is 0.524. The van der Waals surface area contributed by atoms with Crippen LogP contribution in [0, 0.1) is 0 Å². The molecular weight excluding hydrogens is 302 g/mol. The molecule has 132 valence electrons. The molecule has 1 aliphatic heterocycles. The summed E-state index contributed by atoms with van der Waals surface area (Å²) in [7, 11) is 5.52. The van der Waals surface area contributed by atoms with Gasteiger partial charge in [-0.15, -0.1) is 6.58 Å². The molecule has 1 heterocycles. The number of aliphatic hydroxyl groups excluding tert-OH is 1. The first kappa shape index (κ1) is 21.2. The summed E-state index contributed by atoms with van der Waals surface area (Å²) in [4.78, 5) is 25.1. The molecule has 2 unspecified atom stereocenters. The van der Waals surface area contributed by atoms with Crippen LogP contribution < -0.4 is 0 Å². The zero-order valence-electron chi connectivity index (χ0n) is 14.4. The van der Waals surface area contributed by atoms with Gasteiger partial charge >= 0.3 is 11.9 Å². The molecule has 0 aromatic carbocycles. The third-order valence-electron chi connectivity index (χ3n) is 3.38. The molecule has 23 heavy (non-hydrogen) atoms. The van der Waals surface area contributed by atoms with Gasteiger partial charge in [0.2, 0.25) is 5.84 Å². The molecule has 2 atom stereocenters. The van der Waals surface area contributed by atoms with Crippen LogP contribution in [-0.2, 0) is 9.59 Å². The number of hydrogen-bond acceptors (Lipinski definition) is 4. The number of amidine groups is 1. The van der Waals surface area contributed by atoms with Gasteiger partial charge in [-0.25, -0.2) is 19.1 Å². The first-order chi connectivity index (χ1) is 10.4. The molecule has 0 amide bonds. The van der Waals surface area contributed by atoms with Crippen molar-refractivity contribution in [1.82, 2.24) is 0 Å². The highest BCUT2D eigenvalue weighted by Gasteiger charge is 2.43. The van der Waals surface area contributed by atoms with Crippen LogP contribution in [0.25, 0.3) is 0 Å². The highest BCUT2D eigenvalue weighted by atomic mass is 16.4. The number of carbonyl (C=O) groups is 2. The Morgan fingerprint density at radius 2 is 1.91 bits per heavy atom. The lowest BCUT2D eigenvalue weighted by molar-refractivity contribution is -0.877. The second-order valence-electron chi connectivity index (χ2n) is 6.57. The molecule has 1 rings (SSSR count). The van der Waals surface area contributed by atoms with Gasteiger partial charge in [0.1, 0.15) is 6.54 Å². The Hall–Kier alpha value is -1.77. The number of nitrogens with zero attached hydrogens (tertiary/aromatic N) is 3. The van der Waals surface area contributed by atoms with Crippen molar-refractivity contribution in [2.24, 2.45) is 4.99 Å². The summed E-state index contributed by atoms with van der Waals surface area (Å²) in [5, 5.41) is 26.8. The molecule has 0 saturated carbocycles. The number of hydrogen-bond donors (Lipinski definition) is 3. The lowest BCUT2D eigenvalue weighted by Crippen LogP contribution is -2.59. The molecule has 8 heteroatoms. The fourth-order valence-electron chi connectivity index (χ4n) is 2.35. The number of quaternary nitrogens is 2. The van der Waals surface area contributed by atoms with E-state index in [-0.39, 0.29) is 17.6 Å². The first-order valence-corrected chi connectivity index (χ1v) is 7.38. The lowest BCUT2D eigenvalue weighted by atomic mass is 10.2. The van der Waals surface area contributed by atoms with E-state index in [1.54, 1.807) is 13.0 Å². The second-order valence-corrected chi connectivity index (χ2v) is 6.57. The van der Waals surface area contributed by atoms with Gasteiger partial charge in [-0.05, 0) is 0 Å². The minimum absolute atomic E-state index is 0.0430. The summed E-state index contributed by atoms with van der Waals surface area (Å²) in [5.74, 6) is -0.963.